The molecule has 1 aromatic carbocycles. The molecule has 0 unspecified atom stereocenters. The smallest absolute Gasteiger partial charge is 0.352 e. The van der Waals surface area contributed by atoms with E-state index in [1.54, 1.807) is 0 Å². The Balaban J connectivity index is 2.33. The first kappa shape index (κ1) is 14.5. The van der Waals surface area contributed by atoms with Gasteiger partial charge in [0.2, 0.25) is 0 Å². The van der Waals surface area contributed by atoms with Gasteiger partial charge >= 0.3 is 5.97 Å². The number of benzene rings is 1. The van der Waals surface area contributed by atoms with Crippen molar-refractivity contribution in [3.8, 4) is 0 Å². The SMILES string of the molecule is O=C(O)c1cc(S(=O)(=O)Nc2ccc(Br)cc2F)c[nH]1. The van der Waals surface area contributed by atoms with Crippen LogP contribution in [0.1, 0.15) is 10.5 Å². The van der Waals surface area contributed by atoms with Gasteiger partial charge in [0.15, 0.2) is 0 Å². The molecule has 6 nitrogen and oxygen atoms in total. The molecule has 0 amide bonds. The van der Waals surface area contributed by atoms with E-state index in [1.165, 1.54) is 12.1 Å². The van der Waals surface area contributed by atoms with Crippen molar-refractivity contribution in [2.45, 2.75) is 4.90 Å². The van der Waals surface area contributed by atoms with Crippen molar-refractivity contribution in [1.82, 2.24) is 4.98 Å². The minimum absolute atomic E-state index is 0.230. The summed E-state index contributed by atoms with van der Waals surface area (Å²) in [6.45, 7) is 0. The number of aromatic carboxylic acids is 1. The Morgan fingerprint density at radius 3 is 2.60 bits per heavy atom. The van der Waals surface area contributed by atoms with Crippen molar-refractivity contribution in [2.24, 2.45) is 0 Å². The molecule has 1 aromatic heterocycles. The first-order chi connectivity index (χ1) is 9.29. The number of H-pyrrole nitrogens is 1. The third kappa shape index (κ3) is 2.99. The van der Waals surface area contributed by atoms with Crippen molar-refractivity contribution in [2.75, 3.05) is 4.72 Å². The van der Waals surface area contributed by atoms with E-state index in [9.17, 15) is 17.6 Å². The van der Waals surface area contributed by atoms with Crippen LogP contribution in [0.15, 0.2) is 39.8 Å². The van der Waals surface area contributed by atoms with Crippen LogP contribution < -0.4 is 4.72 Å². The zero-order valence-electron chi connectivity index (χ0n) is 9.72. The van der Waals surface area contributed by atoms with E-state index in [1.807, 2.05) is 4.72 Å². The molecule has 9 heteroatoms. The topological polar surface area (TPSA) is 99.3 Å². The van der Waals surface area contributed by atoms with E-state index >= 15 is 0 Å². The fourth-order valence-electron chi connectivity index (χ4n) is 1.43. The number of hydrogen-bond acceptors (Lipinski definition) is 3. The molecule has 2 rings (SSSR count). The Bertz CT molecular complexity index is 772. The summed E-state index contributed by atoms with van der Waals surface area (Å²) in [4.78, 5) is 12.7. The third-order valence-corrected chi connectivity index (χ3v) is 4.21. The largest absolute Gasteiger partial charge is 0.477 e. The van der Waals surface area contributed by atoms with E-state index < -0.39 is 21.8 Å². The van der Waals surface area contributed by atoms with Gasteiger partial charge in [0.1, 0.15) is 16.4 Å². The maximum Gasteiger partial charge on any atom is 0.352 e. The highest BCUT2D eigenvalue weighted by atomic mass is 79.9. The maximum absolute atomic E-state index is 13.6. The minimum atomic E-state index is -4.06. The van der Waals surface area contributed by atoms with Gasteiger partial charge in [-0.25, -0.2) is 17.6 Å². The molecule has 0 aliphatic rings. The van der Waals surface area contributed by atoms with Gasteiger partial charge in [-0.1, -0.05) is 15.9 Å². The number of nitrogens with one attached hydrogen (secondary N) is 2. The van der Waals surface area contributed by atoms with Crippen LogP contribution in [0.2, 0.25) is 0 Å². The number of sulfonamides is 1. The summed E-state index contributed by atoms with van der Waals surface area (Å²) in [5, 5.41) is 8.72. The molecule has 0 saturated carbocycles. The standard InChI is InChI=1S/C11H8BrFN2O4S/c12-6-1-2-9(8(13)3-6)15-20(18,19)7-4-10(11(16)17)14-5-7/h1-5,14-15H,(H,16,17). The highest BCUT2D eigenvalue weighted by Crippen LogP contribution is 2.22. The molecule has 0 bridgehead atoms. The van der Waals surface area contributed by atoms with Gasteiger partial charge in [0.05, 0.1) is 5.69 Å². The average Bonchev–Trinajstić information content (AvgIpc) is 2.83. The van der Waals surface area contributed by atoms with Gasteiger partial charge in [0, 0.05) is 10.7 Å². The molecule has 0 spiro atoms. The van der Waals surface area contributed by atoms with E-state index in [0.717, 1.165) is 18.3 Å². The second-order valence-corrected chi connectivity index (χ2v) is 6.38. The molecule has 106 valence electrons. The van der Waals surface area contributed by atoms with Gasteiger partial charge in [-0.3, -0.25) is 4.72 Å². The first-order valence-electron chi connectivity index (χ1n) is 5.19. The van der Waals surface area contributed by atoms with Crippen molar-refractivity contribution < 1.29 is 22.7 Å². The highest BCUT2D eigenvalue weighted by Gasteiger charge is 2.19. The summed E-state index contributed by atoms with van der Waals surface area (Å²) in [6.07, 6.45) is 1.02. The molecule has 20 heavy (non-hydrogen) atoms. The average molecular weight is 363 g/mol. The number of rotatable bonds is 4. The molecule has 0 radical (unpaired) electrons. The lowest BCUT2D eigenvalue weighted by atomic mass is 10.3. The molecule has 0 saturated heterocycles. The molecule has 0 aliphatic carbocycles. The van der Waals surface area contributed by atoms with E-state index in [2.05, 4.69) is 20.9 Å². The Labute approximate surface area is 121 Å². The normalized spacial score (nSPS) is 11.3. The number of carbonyl (C=O) groups is 1. The lowest BCUT2D eigenvalue weighted by Gasteiger charge is -2.07. The van der Waals surface area contributed by atoms with Gasteiger partial charge in [-0.15, -0.1) is 0 Å². The van der Waals surface area contributed by atoms with Gasteiger partial charge in [0.25, 0.3) is 10.0 Å². The Morgan fingerprint density at radius 2 is 2.05 bits per heavy atom. The summed E-state index contributed by atoms with van der Waals surface area (Å²) in [6, 6.07) is 4.78. The number of anilines is 1. The summed E-state index contributed by atoms with van der Waals surface area (Å²) in [5.41, 5.74) is -0.507. The summed E-state index contributed by atoms with van der Waals surface area (Å²) < 4.78 is 40.0. The van der Waals surface area contributed by atoms with Crippen LogP contribution >= 0.6 is 15.9 Å². The molecule has 0 aliphatic heterocycles. The second-order valence-electron chi connectivity index (χ2n) is 3.78. The molecular weight excluding hydrogens is 355 g/mol. The fourth-order valence-corrected chi connectivity index (χ4v) is 2.82. The van der Waals surface area contributed by atoms with Crippen molar-refractivity contribution >= 4 is 37.6 Å². The van der Waals surface area contributed by atoms with E-state index in [0.29, 0.717) is 4.47 Å². The molecule has 3 N–H and O–H groups in total. The van der Waals surface area contributed by atoms with E-state index in [4.69, 9.17) is 5.11 Å². The summed E-state index contributed by atoms with van der Waals surface area (Å²) in [7, 11) is -4.06. The third-order valence-electron chi connectivity index (χ3n) is 2.37. The number of aromatic amines is 1. The maximum atomic E-state index is 13.6. The summed E-state index contributed by atoms with van der Waals surface area (Å²) >= 11 is 3.05. The predicted molar refractivity (Wildman–Crippen MR) is 72.7 cm³/mol. The van der Waals surface area contributed by atoms with E-state index in [-0.39, 0.29) is 16.3 Å². The summed E-state index contributed by atoms with van der Waals surface area (Å²) in [5.74, 6) is -2.04. The monoisotopic (exact) mass is 362 g/mol. The zero-order valence-corrected chi connectivity index (χ0v) is 12.1. The minimum Gasteiger partial charge on any atom is -0.477 e. The van der Waals surface area contributed by atoms with Gasteiger partial charge in [-0.05, 0) is 24.3 Å². The number of carboxylic acids is 1. The fraction of sp³-hybridized carbons (Fsp3) is 0. The van der Waals surface area contributed by atoms with Crippen LogP contribution in [0.5, 0.6) is 0 Å². The van der Waals surface area contributed by atoms with Crippen LogP contribution in [0.4, 0.5) is 10.1 Å². The second kappa shape index (κ2) is 5.25. The van der Waals surface area contributed by atoms with Crippen molar-refractivity contribution in [3.63, 3.8) is 0 Å². The number of carboxylic acid groups (broad SMARTS) is 1. The molecule has 0 fully saturated rings. The number of aromatic nitrogens is 1. The van der Waals surface area contributed by atoms with Gasteiger partial charge in [-0.2, -0.15) is 0 Å². The van der Waals surface area contributed by atoms with Crippen molar-refractivity contribution in [3.05, 3.63) is 46.4 Å². The number of halogens is 2. The zero-order chi connectivity index (χ0) is 14.9. The van der Waals surface area contributed by atoms with Gasteiger partial charge < -0.3 is 10.1 Å². The Hall–Kier alpha value is -1.87. The Morgan fingerprint density at radius 1 is 1.35 bits per heavy atom. The number of hydrogen-bond donors (Lipinski definition) is 3. The van der Waals surface area contributed by atoms with Crippen LogP contribution in [0.3, 0.4) is 0 Å². The highest BCUT2D eigenvalue weighted by molar-refractivity contribution is 9.10. The van der Waals surface area contributed by atoms with Crippen LogP contribution in [-0.4, -0.2) is 24.5 Å². The first-order valence-corrected chi connectivity index (χ1v) is 7.47. The lowest BCUT2D eigenvalue weighted by Crippen LogP contribution is -2.13. The van der Waals surface area contributed by atoms with Crippen LogP contribution in [-0.2, 0) is 10.0 Å². The molecule has 1 heterocycles. The molecule has 2 aromatic rings. The van der Waals surface area contributed by atoms with Crippen LogP contribution in [0.25, 0.3) is 0 Å². The van der Waals surface area contributed by atoms with Crippen molar-refractivity contribution in [1.29, 1.82) is 0 Å². The quantitative estimate of drug-likeness (QED) is 0.777. The lowest BCUT2D eigenvalue weighted by molar-refractivity contribution is 0.0691. The Kier molecular flexibility index (Phi) is 3.82. The molecule has 0 atom stereocenters. The van der Waals surface area contributed by atoms with Crippen LogP contribution in [0, 0.1) is 5.82 Å². The predicted octanol–water partition coefficient (Wildman–Crippen LogP) is 2.42. The molecular formula is C11H8BrFN2O4S.